The van der Waals surface area contributed by atoms with Gasteiger partial charge >= 0.3 is 5.97 Å². The molecule has 0 aliphatic heterocycles. The number of rotatable bonds is 3. The van der Waals surface area contributed by atoms with Crippen molar-refractivity contribution in [3.05, 3.63) is 46.9 Å². The van der Waals surface area contributed by atoms with Gasteiger partial charge in [0, 0.05) is 6.20 Å². The van der Waals surface area contributed by atoms with Crippen molar-refractivity contribution in [1.29, 1.82) is 0 Å². The van der Waals surface area contributed by atoms with E-state index in [0.29, 0.717) is 11.4 Å². The van der Waals surface area contributed by atoms with Crippen LogP contribution >= 0.6 is 11.6 Å². The largest absolute Gasteiger partial charge is 0.477 e. The van der Waals surface area contributed by atoms with Crippen LogP contribution in [0.3, 0.4) is 0 Å². The van der Waals surface area contributed by atoms with Gasteiger partial charge in [-0.25, -0.2) is 9.78 Å². The van der Waals surface area contributed by atoms with Crippen molar-refractivity contribution in [3.63, 3.8) is 0 Å². The third-order valence-electron chi connectivity index (χ3n) is 2.22. The molecule has 0 fully saturated rings. The van der Waals surface area contributed by atoms with E-state index in [9.17, 15) is 4.79 Å². The summed E-state index contributed by atoms with van der Waals surface area (Å²) in [5, 5.41) is 9.19. The van der Waals surface area contributed by atoms with Gasteiger partial charge in [0.1, 0.15) is 10.7 Å². The number of nitrogens with zero attached hydrogens (tertiary/aromatic N) is 2. The van der Waals surface area contributed by atoms with Gasteiger partial charge in [-0.15, -0.1) is 0 Å². The zero-order valence-corrected chi connectivity index (χ0v) is 10.2. The molecule has 92 valence electrons. The molecule has 0 atom stereocenters. The molecule has 0 saturated heterocycles. The fourth-order valence-corrected chi connectivity index (χ4v) is 1.48. The number of carboxylic acids is 1. The molecule has 0 aliphatic carbocycles. The third kappa shape index (κ3) is 2.57. The average Bonchev–Trinajstić information content (AvgIpc) is 2.32. The lowest BCUT2D eigenvalue weighted by Crippen LogP contribution is -2.02. The van der Waals surface area contributed by atoms with Gasteiger partial charge in [0.15, 0.2) is 5.75 Å². The van der Waals surface area contributed by atoms with E-state index in [4.69, 9.17) is 21.4 Å². The Morgan fingerprint density at radius 3 is 2.83 bits per heavy atom. The molecule has 0 radical (unpaired) electrons. The number of carbonyl (C=O) groups is 1. The van der Waals surface area contributed by atoms with Gasteiger partial charge in [-0.05, 0) is 31.2 Å². The molecule has 2 heterocycles. The smallest absolute Gasteiger partial charge is 0.341 e. The zero-order valence-electron chi connectivity index (χ0n) is 9.42. The Labute approximate surface area is 108 Å². The van der Waals surface area contributed by atoms with Crippen LogP contribution in [0.2, 0.25) is 5.15 Å². The Kier molecular flexibility index (Phi) is 3.43. The van der Waals surface area contributed by atoms with E-state index >= 15 is 0 Å². The number of aryl methyl sites for hydroxylation is 1. The van der Waals surface area contributed by atoms with E-state index in [-0.39, 0.29) is 16.6 Å². The number of hydrogen-bond acceptors (Lipinski definition) is 4. The minimum Gasteiger partial charge on any atom is -0.477 e. The Balaban J connectivity index is 2.42. The second kappa shape index (κ2) is 5.01. The lowest BCUT2D eigenvalue weighted by molar-refractivity contribution is 0.0693. The molecular weight excluding hydrogens is 256 g/mol. The molecule has 2 aromatic rings. The summed E-state index contributed by atoms with van der Waals surface area (Å²) >= 11 is 5.73. The number of aromatic nitrogens is 2. The van der Waals surface area contributed by atoms with E-state index in [0.717, 1.165) is 0 Å². The lowest BCUT2D eigenvalue weighted by Gasteiger charge is -2.09. The second-order valence-corrected chi connectivity index (χ2v) is 3.87. The number of hydrogen-bond donors (Lipinski definition) is 1. The summed E-state index contributed by atoms with van der Waals surface area (Å²) in [7, 11) is 0. The molecule has 0 spiro atoms. The Morgan fingerprint density at radius 1 is 1.39 bits per heavy atom. The highest BCUT2D eigenvalue weighted by atomic mass is 35.5. The monoisotopic (exact) mass is 264 g/mol. The highest BCUT2D eigenvalue weighted by molar-refractivity contribution is 6.29. The van der Waals surface area contributed by atoms with Crippen LogP contribution in [0.4, 0.5) is 0 Å². The average molecular weight is 265 g/mol. The number of pyridine rings is 2. The molecule has 2 aromatic heterocycles. The summed E-state index contributed by atoms with van der Waals surface area (Å²) in [6.07, 6.45) is 1.62. The Bertz CT molecular complexity index is 602. The van der Waals surface area contributed by atoms with Crippen molar-refractivity contribution in [2.75, 3.05) is 0 Å². The molecule has 0 unspecified atom stereocenters. The van der Waals surface area contributed by atoms with Crippen LogP contribution in [0.25, 0.3) is 0 Å². The van der Waals surface area contributed by atoms with Crippen molar-refractivity contribution in [2.24, 2.45) is 0 Å². The van der Waals surface area contributed by atoms with E-state index < -0.39 is 5.97 Å². The van der Waals surface area contributed by atoms with Crippen molar-refractivity contribution in [2.45, 2.75) is 6.92 Å². The fraction of sp³-hybridized carbons (Fsp3) is 0.0833. The SMILES string of the molecule is Cc1ncccc1Oc1nc(Cl)ccc1C(=O)O. The van der Waals surface area contributed by atoms with Crippen molar-refractivity contribution in [1.82, 2.24) is 9.97 Å². The maximum Gasteiger partial charge on any atom is 0.341 e. The van der Waals surface area contributed by atoms with Gasteiger partial charge in [0.2, 0.25) is 5.88 Å². The molecule has 0 saturated carbocycles. The van der Waals surface area contributed by atoms with Crippen molar-refractivity contribution in [3.8, 4) is 11.6 Å². The summed E-state index contributed by atoms with van der Waals surface area (Å²) in [4.78, 5) is 18.9. The first-order chi connectivity index (χ1) is 8.58. The van der Waals surface area contributed by atoms with E-state index in [2.05, 4.69) is 9.97 Å². The first kappa shape index (κ1) is 12.3. The van der Waals surface area contributed by atoms with E-state index in [1.165, 1.54) is 12.1 Å². The molecule has 18 heavy (non-hydrogen) atoms. The fourth-order valence-electron chi connectivity index (χ4n) is 1.34. The van der Waals surface area contributed by atoms with Crippen LogP contribution in [0.1, 0.15) is 16.1 Å². The van der Waals surface area contributed by atoms with Gasteiger partial charge in [0.05, 0.1) is 5.69 Å². The quantitative estimate of drug-likeness (QED) is 0.863. The summed E-state index contributed by atoms with van der Waals surface area (Å²) < 4.78 is 5.44. The molecule has 5 nitrogen and oxygen atoms in total. The minimum absolute atomic E-state index is 0.0499. The summed E-state index contributed by atoms with van der Waals surface area (Å²) in [6, 6.07) is 6.11. The van der Waals surface area contributed by atoms with Gasteiger partial charge < -0.3 is 9.84 Å². The minimum atomic E-state index is -1.13. The molecule has 0 aromatic carbocycles. The van der Waals surface area contributed by atoms with Crippen LogP contribution in [-0.2, 0) is 0 Å². The van der Waals surface area contributed by atoms with E-state index in [1.807, 2.05) is 0 Å². The van der Waals surface area contributed by atoms with Crippen LogP contribution < -0.4 is 4.74 Å². The van der Waals surface area contributed by atoms with Crippen molar-refractivity contribution >= 4 is 17.6 Å². The molecule has 0 amide bonds. The first-order valence-electron chi connectivity index (χ1n) is 5.07. The highest BCUT2D eigenvalue weighted by Gasteiger charge is 2.15. The van der Waals surface area contributed by atoms with Gasteiger partial charge in [-0.2, -0.15) is 0 Å². The topological polar surface area (TPSA) is 72.3 Å². The van der Waals surface area contributed by atoms with Gasteiger partial charge in [-0.1, -0.05) is 11.6 Å². The first-order valence-corrected chi connectivity index (χ1v) is 5.45. The van der Waals surface area contributed by atoms with Crippen LogP contribution in [-0.4, -0.2) is 21.0 Å². The van der Waals surface area contributed by atoms with E-state index in [1.54, 1.807) is 25.3 Å². The predicted molar refractivity (Wildman–Crippen MR) is 65.3 cm³/mol. The molecule has 0 aliphatic rings. The summed E-state index contributed by atoms with van der Waals surface area (Å²) in [5.74, 6) is -0.739. The molecule has 0 bridgehead atoms. The summed E-state index contributed by atoms with van der Waals surface area (Å²) in [5.41, 5.74) is 0.582. The maximum atomic E-state index is 11.0. The van der Waals surface area contributed by atoms with Crippen LogP contribution in [0, 0.1) is 6.92 Å². The Hall–Kier alpha value is -2.14. The predicted octanol–water partition coefficient (Wildman–Crippen LogP) is 2.93. The molecule has 6 heteroatoms. The third-order valence-corrected chi connectivity index (χ3v) is 2.43. The van der Waals surface area contributed by atoms with Gasteiger partial charge in [-0.3, -0.25) is 4.98 Å². The highest BCUT2D eigenvalue weighted by Crippen LogP contribution is 2.26. The number of aromatic carboxylic acids is 1. The molecular formula is C12H9ClN2O3. The lowest BCUT2D eigenvalue weighted by atomic mass is 10.3. The normalized spacial score (nSPS) is 10.1. The van der Waals surface area contributed by atoms with Crippen LogP contribution in [0.5, 0.6) is 11.6 Å². The molecule has 2 rings (SSSR count). The number of halogens is 1. The summed E-state index contributed by atoms with van der Waals surface area (Å²) in [6.45, 7) is 1.75. The van der Waals surface area contributed by atoms with Crippen LogP contribution in [0.15, 0.2) is 30.5 Å². The number of ether oxygens (including phenoxy) is 1. The standard InChI is InChI=1S/C12H9ClN2O3/c1-7-9(3-2-6-14-7)18-11-8(12(16)17)4-5-10(13)15-11/h2-6H,1H3,(H,16,17). The number of carboxylic acid groups (broad SMARTS) is 1. The van der Waals surface area contributed by atoms with Crippen molar-refractivity contribution < 1.29 is 14.6 Å². The van der Waals surface area contributed by atoms with Gasteiger partial charge in [0.25, 0.3) is 0 Å². The Morgan fingerprint density at radius 2 is 2.17 bits per heavy atom. The maximum absolute atomic E-state index is 11.0. The zero-order chi connectivity index (χ0) is 13.1. The molecule has 1 N–H and O–H groups in total. The second-order valence-electron chi connectivity index (χ2n) is 3.48.